The van der Waals surface area contributed by atoms with E-state index >= 15 is 0 Å². The lowest BCUT2D eigenvalue weighted by Gasteiger charge is -2.12. The summed E-state index contributed by atoms with van der Waals surface area (Å²) in [6, 6.07) is 15.0. The summed E-state index contributed by atoms with van der Waals surface area (Å²) in [4.78, 5) is 3.52. The molecule has 0 radical (unpaired) electrons. The van der Waals surface area contributed by atoms with Gasteiger partial charge >= 0.3 is 0 Å². The van der Waals surface area contributed by atoms with Gasteiger partial charge < -0.3 is 10.7 Å². The number of nitrogens with two attached hydrogens (primary N) is 1. The first kappa shape index (κ1) is 12.2. The Morgan fingerprint density at radius 1 is 1.05 bits per heavy atom. The molecule has 1 aromatic heterocycles. The molecule has 0 amide bonds. The predicted octanol–water partition coefficient (Wildman–Crippen LogP) is 4.51. The number of fused-ring (bicyclic) bond motifs is 3. The molecule has 3 aromatic rings. The molecule has 2 nitrogen and oxygen atoms in total. The van der Waals surface area contributed by atoms with Crippen LogP contribution in [0, 0.1) is 0 Å². The Morgan fingerprint density at radius 3 is 2.68 bits per heavy atom. The minimum atomic E-state index is 0.122. The van der Waals surface area contributed by atoms with Gasteiger partial charge in [-0.05, 0) is 18.1 Å². The summed E-state index contributed by atoms with van der Waals surface area (Å²) in [6.07, 6.45) is 3.42. The molecule has 3 N–H and O–H groups in total. The Morgan fingerprint density at radius 2 is 1.84 bits per heavy atom. The van der Waals surface area contributed by atoms with Gasteiger partial charge in [-0.25, -0.2) is 0 Å². The molecule has 2 aromatic carbocycles. The predicted molar refractivity (Wildman–Crippen MR) is 82.3 cm³/mol. The van der Waals surface area contributed by atoms with Gasteiger partial charge in [0.05, 0.1) is 5.52 Å². The SMILES string of the molecule is CCCCC(N)c1cccc2c1[nH]c1ccccc12. The van der Waals surface area contributed by atoms with E-state index in [-0.39, 0.29) is 6.04 Å². The van der Waals surface area contributed by atoms with E-state index in [2.05, 4.69) is 54.4 Å². The minimum absolute atomic E-state index is 0.122. The Bertz CT molecular complexity index is 697. The molecule has 19 heavy (non-hydrogen) atoms. The first-order chi connectivity index (χ1) is 9.31. The lowest BCUT2D eigenvalue weighted by atomic mass is 9.99. The number of unbranched alkanes of at least 4 members (excludes halogenated alkanes) is 1. The highest BCUT2D eigenvalue weighted by atomic mass is 14.7. The summed E-state index contributed by atoms with van der Waals surface area (Å²) >= 11 is 0. The van der Waals surface area contributed by atoms with Gasteiger partial charge in [0, 0.05) is 22.3 Å². The summed E-state index contributed by atoms with van der Waals surface area (Å²) < 4.78 is 0. The second kappa shape index (κ2) is 5.06. The number of aromatic amines is 1. The first-order valence-electron chi connectivity index (χ1n) is 7.06. The molecule has 0 fully saturated rings. The monoisotopic (exact) mass is 252 g/mol. The first-order valence-corrected chi connectivity index (χ1v) is 7.06. The molecule has 0 bridgehead atoms. The van der Waals surface area contributed by atoms with Crippen LogP contribution in [-0.2, 0) is 0 Å². The molecule has 0 saturated heterocycles. The van der Waals surface area contributed by atoms with Crippen LogP contribution in [0.5, 0.6) is 0 Å². The Kier molecular flexibility index (Phi) is 3.26. The topological polar surface area (TPSA) is 41.8 Å². The van der Waals surface area contributed by atoms with E-state index in [1.807, 2.05) is 0 Å². The fourth-order valence-corrected chi connectivity index (χ4v) is 2.78. The van der Waals surface area contributed by atoms with Crippen LogP contribution in [0.25, 0.3) is 21.8 Å². The molecule has 1 unspecified atom stereocenters. The lowest BCUT2D eigenvalue weighted by Crippen LogP contribution is -2.10. The fraction of sp³-hybridized carbons (Fsp3) is 0.294. The van der Waals surface area contributed by atoms with Crippen molar-refractivity contribution in [2.45, 2.75) is 32.2 Å². The molecule has 0 aliphatic rings. The largest absolute Gasteiger partial charge is 0.354 e. The smallest absolute Gasteiger partial charge is 0.0513 e. The summed E-state index contributed by atoms with van der Waals surface area (Å²) in [7, 11) is 0. The van der Waals surface area contributed by atoms with Gasteiger partial charge in [0.2, 0.25) is 0 Å². The van der Waals surface area contributed by atoms with E-state index in [1.54, 1.807) is 0 Å². The van der Waals surface area contributed by atoms with E-state index in [9.17, 15) is 0 Å². The van der Waals surface area contributed by atoms with E-state index in [0.717, 1.165) is 6.42 Å². The Balaban J connectivity index is 2.15. The van der Waals surface area contributed by atoms with Gasteiger partial charge in [0.15, 0.2) is 0 Å². The van der Waals surface area contributed by atoms with Gasteiger partial charge in [0.1, 0.15) is 0 Å². The van der Waals surface area contributed by atoms with Crippen LogP contribution in [-0.4, -0.2) is 4.98 Å². The van der Waals surface area contributed by atoms with Crippen molar-refractivity contribution >= 4 is 21.8 Å². The summed E-state index contributed by atoms with van der Waals surface area (Å²) in [5.41, 5.74) is 9.98. The van der Waals surface area contributed by atoms with Crippen LogP contribution in [0.3, 0.4) is 0 Å². The molecule has 0 aliphatic carbocycles. The van der Waals surface area contributed by atoms with Crippen molar-refractivity contribution in [1.29, 1.82) is 0 Å². The van der Waals surface area contributed by atoms with Crippen molar-refractivity contribution in [3.63, 3.8) is 0 Å². The highest BCUT2D eigenvalue weighted by Crippen LogP contribution is 2.30. The average molecular weight is 252 g/mol. The van der Waals surface area contributed by atoms with Gasteiger partial charge in [0.25, 0.3) is 0 Å². The van der Waals surface area contributed by atoms with Crippen molar-refractivity contribution in [2.75, 3.05) is 0 Å². The third kappa shape index (κ3) is 2.13. The molecule has 0 saturated carbocycles. The number of rotatable bonds is 4. The molecule has 3 rings (SSSR count). The zero-order valence-corrected chi connectivity index (χ0v) is 11.3. The molecular formula is C17H20N2. The number of H-pyrrole nitrogens is 1. The van der Waals surface area contributed by atoms with Gasteiger partial charge in [-0.15, -0.1) is 0 Å². The number of hydrogen-bond donors (Lipinski definition) is 2. The second-order valence-electron chi connectivity index (χ2n) is 5.19. The van der Waals surface area contributed by atoms with E-state index in [1.165, 1.54) is 40.2 Å². The fourth-order valence-electron chi connectivity index (χ4n) is 2.78. The van der Waals surface area contributed by atoms with Gasteiger partial charge in [-0.2, -0.15) is 0 Å². The van der Waals surface area contributed by atoms with E-state index in [0.29, 0.717) is 0 Å². The Hall–Kier alpha value is -1.80. The van der Waals surface area contributed by atoms with Crippen molar-refractivity contribution in [2.24, 2.45) is 5.73 Å². The third-order valence-corrected chi connectivity index (χ3v) is 3.84. The summed E-state index contributed by atoms with van der Waals surface area (Å²) in [5.74, 6) is 0. The number of aromatic nitrogens is 1. The number of para-hydroxylation sites is 2. The van der Waals surface area contributed by atoms with Crippen LogP contribution in [0.1, 0.15) is 37.8 Å². The highest BCUT2D eigenvalue weighted by Gasteiger charge is 2.12. The third-order valence-electron chi connectivity index (χ3n) is 3.84. The maximum absolute atomic E-state index is 6.35. The van der Waals surface area contributed by atoms with Crippen molar-refractivity contribution < 1.29 is 0 Å². The zero-order valence-electron chi connectivity index (χ0n) is 11.3. The molecule has 0 aliphatic heterocycles. The van der Waals surface area contributed by atoms with Crippen LogP contribution in [0.2, 0.25) is 0 Å². The molecule has 2 heteroatoms. The maximum Gasteiger partial charge on any atom is 0.0513 e. The van der Waals surface area contributed by atoms with Crippen molar-refractivity contribution in [3.05, 3.63) is 48.0 Å². The van der Waals surface area contributed by atoms with Crippen LogP contribution in [0.15, 0.2) is 42.5 Å². The molecule has 0 spiro atoms. The zero-order chi connectivity index (χ0) is 13.2. The molecular weight excluding hydrogens is 232 g/mol. The van der Waals surface area contributed by atoms with Crippen LogP contribution in [0.4, 0.5) is 0 Å². The average Bonchev–Trinajstić information content (AvgIpc) is 2.83. The van der Waals surface area contributed by atoms with Crippen molar-refractivity contribution in [3.8, 4) is 0 Å². The lowest BCUT2D eigenvalue weighted by molar-refractivity contribution is 0.606. The Labute approximate surface area is 113 Å². The number of nitrogens with one attached hydrogen (secondary N) is 1. The van der Waals surface area contributed by atoms with Crippen LogP contribution < -0.4 is 5.73 Å². The quantitative estimate of drug-likeness (QED) is 0.704. The van der Waals surface area contributed by atoms with Gasteiger partial charge in [-0.1, -0.05) is 56.2 Å². The molecule has 1 atom stereocenters. The second-order valence-corrected chi connectivity index (χ2v) is 5.19. The number of benzene rings is 2. The number of hydrogen-bond acceptors (Lipinski definition) is 1. The maximum atomic E-state index is 6.35. The van der Waals surface area contributed by atoms with Gasteiger partial charge in [-0.3, -0.25) is 0 Å². The summed E-state index contributed by atoms with van der Waals surface area (Å²) in [5, 5.41) is 2.56. The molecule has 1 heterocycles. The highest BCUT2D eigenvalue weighted by molar-refractivity contribution is 6.08. The normalized spacial score (nSPS) is 13.2. The standard InChI is InChI=1S/C17H20N2/c1-2-3-10-15(18)14-9-6-8-13-12-7-4-5-11-16(12)19-17(13)14/h4-9,11,15,19H,2-3,10,18H2,1H3. The van der Waals surface area contributed by atoms with E-state index < -0.39 is 0 Å². The van der Waals surface area contributed by atoms with E-state index in [4.69, 9.17) is 5.73 Å². The van der Waals surface area contributed by atoms with Crippen molar-refractivity contribution in [1.82, 2.24) is 4.98 Å². The summed E-state index contributed by atoms with van der Waals surface area (Å²) in [6.45, 7) is 2.20. The molecule has 98 valence electrons. The van der Waals surface area contributed by atoms with Crippen LogP contribution >= 0.6 is 0 Å². The minimum Gasteiger partial charge on any atom is -0.354 e.